The van der Waals surface area contributed by atoms with Crippen LogP contribution in [0.5, 0.6) is 5.75 Å². The molecular formula is C33H32N4O4. The summed E-state index contributed by atoms with van der Waals surface area (Å²) in [7, 11) is 1.59. The minimum Gasteiger partial charge on any atom is -0.497 e. The Bertz CT molecular complexity index is 1580. The van der Waals surface area contributed by atoms with Gasteiger partial charge >= 0.3 is 0 Å². The number of rotatable bonds is 6. The van der Waals surface area contributed by atoms with Gasteiger partial charge in [-0.25, -0.2) is 0 Å². The molecule has 0 aliphatic carbocycles. The van der Waals surface area contributed by atoms with Crippen LogP contribution in [0.1, 0.15) is 23.2 Å². The second-order valence-electron chi connectivity index (χ2n) is 10.6. The number of anilines is 2. The second kappa shape index (κ2) is 11.0. The molecule has 2 heterocycles. The van der Waals surface area contributed by atoms with Gasteiger partial charge in [0.1, 0.15) is 17.8 Å². The molecule has 8 heteroatoms. The van der Waals surface area contributed by atoms with Crippen LogP contribution >= 0.6 is 0 Å². The molecule has 0 aromatic heterocycles. The third kappa shape index (κ3) is 5.09. The highest BCUT2D eigenvalue weighted by Crippen LogP contribution is 2.39. The number of carbonyl (C=O) groups is 3. The number of ether oxygens (including phenoxy) is 1. The number of benzene rings is 4. The van der Waals surface area contributed by atoms with Crippen LogP contribution in [0.25, 0.3) is 10.8 Å². The van der Waals surface area contributed by atoms with Gasteiger partial charge in [0.2, 0.25) is 5.91 Å². The maximum absolute atomic E-state index is 14.0. The molecule has 0 atom stereocenters. The summed E-state index contributed by atoms with van der Waals surface area (Å²) in [5.74, 6) is 0.322. The fraction of sp³-hybridized carbons (Fsp3) is 0.242. The zero-order valence-electron chi connectivity index (χ0n) is 23.0. The molecule has 2 aliphatic heterocycles. The fourth-order valence-corrected chi connectivity index (χ4v) is 5.96. The highest BCUT2D eigenvalue weighted by Gasteiger charge is 2.54. The van der Waals surface area contributed by atoms with Gasteiger partial charge < -0.3 is 24.8 Å². The van der Waals surface area contributed by atoms with Gasteiger partial charge in [-0.05, 0) is 72.1 Å². The van der Waals surface area contributed by atoms with Crippen LogP contribution in [0.3, 0.4) is 0 Å². The lowest BCUT2D eigenvalue weighted by atomic mass is 9.85. The first-order valence-electron chi connectivity index (χ1n) is 13.8. The van der Waals surface area contributed by atoms with Gasteiger partial charge in [0.15, 0.2) is 0 Å². The molecule has 8 nitrogen and oxygen atoms in total. The molecular weight excluding hydrogens is 516 g/mol. The summed E-state index contributed by atoms with van der Waals surface area (Å²) in [6.07, 6.45) is 0.966. The first kappa shape index (κ1) is 26.4. The van der Waals surface area contributed by atoms with E-state index in [9.17, 15) is 14.4 Å². The highest BCUT2D eigenvalue weighted by atomic mass is 16.5. The van der Waals surface area contributed by atoms with Gasteiger partial charge in [0, 0.05) is 30.0 Å². The van der Waals surface area contributed by atoms with Crippen LogP contribution in [0.4, 0.5) is 11.4 Å². The summed E-state index contributed by atoms with van der Waals surface area (Å²) < 4.78 is 5.18. The molecule has 2 saturated heterocycles. The molecule has 41 heavy (non-hydrogen) atoms. The number of amides is 3. The summed E-state index contributed by atoms with van der Waals surface area (Å²) in [6.45, 7) is 1.15. The monoisotopic (exact) mass is 548 g/mol. The number of hydrogen-bond donors (Lipinski definition) is 1. The van der Waals surface area contributed by atoms with Gasteiger partial charge in [0.05, 0.1) is 13.8 Å². The smallest absolute Gasteiger partial charge is 0.253 e. The van der Waals surface area contributed by atoms with E-state index in [0.717, 1.165) is 16.5 Å². The van der Waals surface area contributed by atoms with Gasteiger partial charge in [-0.3, -0.25) is 14.4 Å². The van der Waals surface area contributed by atoms with Crippen LogP contribution in [-0.4, -0.2) is 66.5 Å². The van der Waals surface area contributed by atoms with E-state index < -0.39 is 5.54 Å². The fourth-order valence-electron chi connectivity index (χ4n) is 5.96. The lowest BCUT2D eigenvalue weighted by molar-refractivity contribution is -0.136. The van der Waals surface area contributed by atoms with E-state index in [-0.39, 0.29) is 24.3 Å². The molecule has 4 aromatic carbocycles. The molecule has 0 saturated carbocycles. The van der Waals surface area contributed by atoms with E-state index in [1.54, 1.807) is 36.3 Å². The molecule has 3 amide bonds. The Hall–Kier alpha value is -4.85. The van der Waals surface area contributed by atoms with Gasteiger partial charge in [-0.15, -0.1) is 0 Å². The Kier molecular flexibility index (Phi) is 7.05. The Balaban J connectivity index is 1.19. The Labute approximate surface area is 239 Å². The number of likely N-dealkylation sites (tertiary alicyclic amines) is 1. The maximum atomic E-state index is 14.0. The van der Waals surface area contributed by atoms with Crippen molar-refractivity contribution in [3.63, 3.8) is 0 Å². The highest BCUT2D eigenvalue weighted by molar-refractivity contribution is 6.01. The topological polar surface area (TPSA) is 82.2 Å². The lowest BCUT2D eigenvalue weighted by Gasteiger charge is -2.43. The molecule has 1 N–H and O–H groups in total. The minimum absolute atomic E-state index is 0.0296. The van der Waals surface area contributed by atoms with Crippen LogP contribution in [0.2, 0.25) is 0 Å². The van der Waals surface area contributed by atoms with Crippen molar-refractivity contribution < 1.29 is 19.1 Å². The normalized spacial score (nSPS) is 16.3. The zero-order chi connectivity index (χ0) is 28.4. The van der Waals surface area contributed by atoms with Crippen molar-refractivity contribution in [1.29, 1.82) is 0 Å². The summed E-state index contributed by atoms with van der Waals surface area (Å²) in [5, 5.41) is 4.99. The van der Waals surface area contributed by atoms with Crippen LogP contribution in [-0.2, 0) is 9.59 Å². The molecule has 0 bridgehead atoms. The number of fused-ring (bicyclic) bond motifs is 1. The number of nitrogens with zero attached hydrogens (tertiary/aromatic N) is 3. The van der Waals surface area contributed by atoms with Crippen LogP contribution in [0.15, 0.2) is 97.1 Å². The number of hydrogen-bond acceptors (Lipinski definition) is 5. The summed E-state index contributed by atoms with van der Waals surface area (Å²) in [6, 6.07) is 30.7. The summed E-state index contributed by atoms with van der Waals surface area (Å²) in [4.78, 5) is 46.0. The lowest BCUT2D eigenvalue weighted by Crippen LogP contribution is -2.57. The van der Waals surface area contributed by atoms with Crippen molar-refractivity contribution in [2.24, 2.45) is 0 Å². The number of carbonyl (C=O) groups excluding carboxylic acids is 3. The predicted octanol–water partition coefficient (Wildman–Crippen LogP) is 4.77. The molecule has 0 unspecified atom stereocenters. The first-order chi connectivity index (χ1) is 20.0. The second-order valence-corrected chi connectivity index (χ2v) is 10.6. The standard InChI is InChI=1S/C33H32N4O4/c1-41-29-15-13-27(14-16-29)34-30(38)22-36-23-37(28-9-3-2-4-10-28)33(32(36)40)17-19-35(20-18-33)31(39)26-12-11-24-7-5-6-8-25(24)21-26/h2-16,21H,17-20,22-23H2,1H3,(H,34,38). The predicted molar refractivity (Wildman–Crippen MR) is 159 cm³/mol. The van der Waals surface area contributed by atoms with Crippen molar-refractivity contribution in [3.05, 3.63) is 103 Å². The Morgan fingerprint density at radius 3 is 2.24 bits per heavy atom. The van der Waals surface area contributed by atoms with Gasteiger partial charge in [0.25, 0.3) is 11.8 Å². The summed E-state index contributed by atoms with van der Waals surface area (Å²) in [5.41, 5.74) is 1.39. The number of methoxy groups -OCH3 is 1. The molecule has 6 rings (SSSR count). The van der Waals surface area contributed by atoms with E-state index in [1.807, 2.05) is 77.7 Å². The van der Waals surface area contributed by atoms with E-state index >= 15 is 0 Å². The van der Waals surface area contributed by atoms with Crippen molar-refractivity contribution in [1.82, 2.24) is 9.80 Å². The summed E-state index contributed by atoms with van der Waals surface area (Å²) >= 11 is 0. The molecule has 2 fully saturated rings. The quantitative estimate of drug-likeness (QED) is 0.376. The third-order valence-electron chi connectivity index (χ3n) is 8.16. The van der Waals surface area contributed by atoms with Crippen LogP contribution < -0.4 is 15.0 Å². The molecule has 208 valence electrons. The average molecular weight is 549 g/mol. The third-order valence-corrected chi connectivity index (χ3v) is 8.16. The van der Waals surface area contributed by atoms with E-state index in [4.69, 9.17) is 4.74 Å². The average Bonchev–Trinajstić information content (AvgIpc) is 3.27. The number of piperidine rings is 1. The largest absolute Gasteiger partial charge is 0.497 e. The molecule has 1 spiro atoms. The van der Waals surface area contributed by atoms with E-state index in [0.29, 0.717) is 49.6 Å². The SMILES string of the molecule is COc1ccc(NC(=O)CN2CN(c3ccccc3)C3(CCN(C(=O)c4ccc5ccccc5c4)CC3)C2=O)cc1. The van der Waals surface area contributed by atoms with Crippen molar-refractivity contribution >= 4 is 39.9 Å². The number of para-hydroxylation sites is 1. The van der Waals surface area contributed by atoms with Gasteiger partial charge in [-0.1, -0.05) is 48.5 Å². The molecule has 0 radical (unpaired) electrons. The van der Waals surface area contributed by atoms with E-state index in [2.05, 4.69) is 10.2 Å². The minimum atomic E-state index is -0.818. The molecule has 4 aromatic rings. The van der Waals surface area contributed by atoms with Crippen molar-refractivity contribution in [3.8, 4) is 5.75 Å². The van der Waals surface area contributed by atoms with Gasteiger partial charge in [-0.2, -0.15) is 0 Å². The number of nitrogens with one attached hydrogen (secondary N) is 1. The Morgan fingerprint density at radius 1 is 0.854 bits per heavy atom. The zero-order valence-corrected chi connectivity index (χ0v) is 23.0. The molecule has 2 aliphatic rings. The van der Waals surface area contributed by atoms with Crippen molar-refractivity contribution in [2.45, 2.75) is 18.4 Å². The Morgan fingerprint density at radius 2 is 1.54 bits per heavy atom. The van der Waals surface area contributed by atoms with E-state index in [1.165, 1.54) is 0 Å². The maximum Gasteiger partial charge on any atom is 0.253 e. The first-order valence-corrected chi connectivity index (χ1v) is 13.8. The van der Waals surface area contributed by atoms with Crippen LogP contribution in [0, 0.1) is 0 Å². The van der Waals surface area contributed by atoms with Crippen molar-refractivity contribution in [2.75, 3.05) is 43.6 Å².